The van der Waals surface area contributed by atoms with E-state index < -0.39 is 0 Å². The van der Waals surface area contributed by atoms with Gasteiger partial charge in [-0.3, -0.25) is 4.99 Å². The normalized spacial score (nSPS) is 17.3. The highest BCUT2D eigenvalue weighted by molar-refractivity contribution is 7.07. The third-order valence-corrected chi connectivity index (χ3v) is 5.71. The first kappa shape index (κ1) is 18.2. The quantitative estimate of drug-likeness (QED) is 0.615. The average molecular weight is 378 g/mol. The molecular formula is C19H24ClN3OS. The molecule has 0 unspecified atom stereocenters. The topological polar surface area (TPSA) is 45.7 Å². The van der Waals surface area contributed by atoms with Crippen molar-refractivity contribution >= 4 is 28.9 Å². The molecule has 2 aromatic rings. The van der Waals surface area contributed by atoms with Crippen LogP contribution in [0.4, 0.5) is 0 Å². The van der Waals surface area contributed by atoms with E-state index in [1.165, 1.54) is 11.1 Å². The Morgan fingerprint density at radius 3 is 2.80 bits per heavy atom. The van der Waals surface area contributed by atoms with Gasteiger partial charge in [-0.15, -0.1) is 0 Å². The first-order valence-electron chi connectivity index (χ1n) is 8.51. The minimum Gasteiger partial charge on any atom is -0.381 e. The molecule has 1 aliphatic rings. The number of aliphatic imine (C=N–C) groups is 1. The first-order valence-corrected chi connectivity index (χ1v) is 9.83. The van der Waals surface area contributed by atoms with Crippen molar-refractivity contribution in [3.8, 4) is 0 Å². The lowest BCUT2D eigenvalue weighted by Crippen LogP contribution is -2.47. The summed E-state index contributed by atoms with van der Waals surface area (Å²) in [6.45, 7) is 3.13. The fourth-order valence-corrected chi connectivity index (χ4v) is 4.06. The number of halogens is 1. The zero-order valence-corrected chi connectivity index (χ0v) is 16.0. The Labute approximate surface area is 158 Å². The van der Waals surface area contributed by atoms with E-state index in [1.807, 2.05) is 12.1 Å². The molecule has 0 spiro atoms. The maximum Gasteiger partial charge on any atom is 0.191 e. The van der Waals surface area contributed by atoms with E-state index in [-0.39, 0.29) is 5.41 Å². The van der Waals surface area contributed by atoms with Crippen LogP contribution in [0, 0.1) is 0 Å². The van der Waals surface area contributed by atoms with E-state index in [9.17, 15) is 0 Å². The predicted octanol–water partition coefficient (Wildman–Crippen LogP) is 3.81. The maximum absolute atomic E-state index is 6.24. The molecule has 1 saturated heterocycles. The van der Waals surface area contributed by atoms with Crippen molar-refractivity contribution in [2.45, 2.75) is 24.8 Å². The molecule has 134 valence electrons. The van der Waals surface area contributed by atoms with E-state index in [0.717, 1.165) is 50.1 Å². The fourth-order valence-electron chi connectivity index (χ4n) is 3.20. The van der Waals surface area contributed by atoms with Crippen LogP contribution in [0.1, 0.15) is 24.0 Å². The van der Waals surface area contributed by atoms with Crippen molar-refractivity contribution in [3.63, 3.8) is 0 Å². The van der Waals surface area contributed by atoms with Crippen LogP contribution in [0.5, 0.6) is 0 Å². The highest BCUT2D eigenvalue weighted by atomic mass is 35.5. The third kappa shape index (κ3) is 4.75. The molecule has 0 aliphatic carbocycles. The summed E-state index contributed by atoms with van der Waals surface area (Å²) in [6.07, 6.45) is 1.95. The van der Waals surface area contributed by atoms with Crippen LogP contribution in [0.3, 0.4) is 0 Å². The molecule has 3 rings (SSSR count). The van der Waals surface area contributed by atoms with Crippen LogP contribution in [0.2, 0.25) is 5.02 Å². The number of hydrogen-bond acceptors (Lipinski definition) is 3. The lowest BCUT2D eigenvalue weighted by Gasteiger charge is -2.38. The Morgan fingerprint density at radius 2 is 2.12 bits per heavy atom. The van der Waals surface area contributed by atoms with Crippen LogP contribution in [0.25, 0.3) is 0 Å². The highest BCUT2D eigenvalue weighted by Gasteiger charge is 2.34. The van der Waals surface area contributed by atoms with Gasteiger partial charge in [0.2, 0.25) is 0 Å². The molecule has 2 N–H and O–H groups in total. The minimum absolute atomic E-state index is 0.0170. The van der Waals surface area contributed by atoms with E-state index in [1.54, 1.807) is 18.4 Å². The number of benzene rings is 1. The Kier molecular flexibility index (Phi) is 6.34. The molecule has 0 atom stereocenters. The van der Waals surface area contributed by atoms with Crippen molar-refractivity contribution in [1.82, 2.24) is 10.6 Å². The summed E-state index contributed by atoms with van der Waals surface area (Å²) in [7, 11) is 1.80. The Morgan fingerprint density at radius 1 is 1.28 bits per heavy atom. The largest absolute Gasteiger partial charge is 0.381 e. The molecule has 2 heterocycles. The smallest absolute Gasteiger partial charge is 0.191 e. The molecule has 0 saturated carbocycles. The molecule has 4 nitrogen and oxygen atoms in total. The molecule has 0 radical (unpaired) electrons. The molecule has 25 heavy (non-hydrogen) atoms. The van der Waals surface area contributed by atoms with Crippen LogP contribution >= 0.6 is 22.9 Å². The van der Waals surface area contributed by atoms with Crippen molar-refractivity contribution in [1.29, 1.82) is 0 Å². The zero-order valence-electron chi connectivity index (χ0n) is 14.4. The van der Waals surface area contributed by atoms with Gasteiger partial charge in [-0.2, -0.15) is 11.3 Å². The Bertz CT molecular complexity index is 696. The number of rotatable bonds is 5. The highest BCUT2D eigenvalue weighted by Crippen LogP contribution is 2.35. The van der Waals surface area contributed by atoms with Gasteiger partial charge in [-0.1, -0.05) is 23.7 Å². The van der Waals surface area contributed by atoms with Gasteiger partial charge >= 0.3 is 0 Å². The van der Waals surface area contributed by atoms with Crippen molar-refractivity contribution in [2.24, 2.45) is 4.99 Å². The minimum atomic E-state index is 0.0170. The summed E-state index contributed by atoms with van der Waals surface area (Å²) in [5.41, 5.74) is 2.55. The number of ether oxygens (including phenoxy) is 1. The van der Waals surface area contributed by atoms with Gasteiger partial charge in [0, 0.05) is 43.8 Å². The van der Waals surface area contributed by atoms with Crippen LogP contribution < -0.4 is 10.6 Å². The van der Waals surface area contributed by atoms with E-state index in [2.05, 4.69) is 44.6 Å². The number of hydrogen-bond donors (Lipinski definition) is 2. The summed E-state index contributed by atoms with van der Waals surface area (Å²) < 4.78 is 5.60. The lowest BCUT2D eigenvalue weighted by molar-refractivity contribution is 0.0514. The van der Waals surface area contributed by atoms with Gasteiger partial charge in [0.05, 0.1) is 0 Å². The number of guanidine groups is 1. The molecule has 0 amide bonds. The van der Waals surface area contributed by atoms with E-state index >= 15 is 0 Å². The zero-order chi connectivity index (χ0) is 17.5. The van der Waals surface area contributed by atoms with Crippen molar-refractivity contribution in [3.05, 3.63) is 57.2 Å². The second kappa shape index (κ2) is 8.70. The van der Waals surface area contributed by atoms with Gasteiger partial charge in [0.1, 0.15) is 0 Å². The van der Waals surface area contributed by atoms with Crippen LogP contribution in [-0.4, -0.2) is 32.8 Å². The average Bonchev–Trinajstić information content (AvgIpc) is 3.16. The second-order valence-electron chi connectivity index (χ2n) is 6.31. The summed E-state index contributed by atoms with van der Waals surface area (Å²) in [4.78, 5) is 4.35. The number of nitrogens with zero attached hydrogens (tertiary/aromatic N) is 1. The number of thiophene rings is 1. The summed E-state index contributed by atoms with van der Waals surface area (Å²) in [5.74, 6) is 0.819. The summed E-state index contributed by atoms with van der Waals surface area (Å²) in [5, 5.41) is 11.9. The van der Waals surface area contributed by atoms with Gasteiger partial charge < -0.3 is 15.4 Å². The molecule has 1 aromatic heterocycles. The second-order valence-corrected chi connectivity index (χ2v) is 7.53. The first-order chi connectivity index (χ1) is 12.2. The summed E-state index contributed by atoms with van der Waals surface area (Å²) >= 11 is 7.94. The SMILES string of the molecule is CN=C(NCc1ccsc1)NCC1(c2cccc(Cl)c2)CCOCC1. The lowest BCUT2D eigenvalue weighted by atomic mass is 9.74. The van der Waals surface area contributed by atoms with Gasteiger partial charge in [0.15, 0.2) is 5.96 Å². The predicted molar refractivity (Wildman–Crippen MR) is 106 cm³/mol. The van der Waals surface area contributed by atoms with Gasteiger partial charge in [-0.05, 0) is 52.9 Å². The summed E-state index contributed by atoms with van der Waals surface area (Å²) in [6, 6.07) is 10.3. The van der Waals surface area contributed by atoms with Crippen LogP contribution in [-0.2, 0) is 16.7 Å². The standard InChI is InChI=1S/C19H24ClN3OS/c1-21-18(22-12-15-5-10-25-13-15)23-14-19(6-8-24-9-7-19)16-3-2-4-17(20)11-16/h2-5,10-11,13H,6-9,12,14H2,1H3,(H2,21,22,23). The van der Waals surface area contributed by atoms with Gasteiger partial charge in [0.25, 0.3) is 0 Å². The molecule has 0 bridgehead atoms. The molecule has 1 aliphatic heterocycles. The Hall–Kier alpha value is -1.56. The molecule has 6 heteroatoms. The molecular weight excluding hydrogens is 354 g/mol. The van der Waals surface area contributed by atoms with Crippen molar-refractivity contribution < 1.29 is 4.74 Å². The van der Waals surface area contributed by atoms with Crippen molar-refractivity contribution in [2.75, 3.05) is 26.8 Å². The molecule has 1 fully saturated rings. The fraction of sp³-hybridized carbons (Fsp3) is 0.421. The Balaban J connectivity index is 1.67. The third-order valence-electron chi connectivity index (χ3n) is 4.74. The van der Waals surface area contributed by atoms with E-state index in [0.29, 0.717) is 0 Å². The molecule has 1 aromatic carbocycles. The van der Waals surface area contributed by atoms with E-state index in [4.69, 9.17) is 16.3 Å². The van der Waals surface area contributed by atoms with Crippen LogP contribution in [0.15, 0.2) is 46.1 Å². The monoisotopic (exact) mass is 377 g/mol. The maximum atomic E-state index is 6.24. The van der Waals surface area contributed by atoms with Gasteiger partial charge in [-0.25, -0.2) is 0 Å². The number of nitrogens with one attached hydrogen (secondary N) is 2.